The zero-order chi connectivity index (χ0) is 31.7. The number of carbonyl (C=O) groups excluding carboxylic acids is 2. The number of rotatable bonds is 13. The molecule has 7 nitrogen and oxygen atoms in total. The van der Waals surface area contributed by atoms with Crippen molar-refractivity contribution in [2.24, 2.45) is 5.92 Å². The second kappa shape index (κ2) is 14.8. The molecule has 0 heterocycles. The van der Waals surface area contributed by atoms with Gasteiger partial charge in [0, 0.05) is 19.5 Å². The van der Waals surface area contributed by atoms with E-state index in [9.17, 15) is 18.0 Å². The molecule has 0 spiro atoms. The third-order valence-corrected chi connectivity index (χ3v) is 9.04. The van der Waals surface area contributed by atoms with E-state index in [1.807, 2.05) is 94.4 Å². The van der Waals surface area contributed by atoms with E-state index in [-0.39, 0.29) is 29.7 Å². The molecule has 0 bridgehead atoms. The molecule has 1 atom stereocenters. The molecular weight excluding hydrogens is 570 g/mol. The minimum atomic E-state index is -4.13. The number of sulfonamides is 1. The first-order chi connectivity index (χ1) is 21.0. The molecule has 0 aliphatic heterocycles. The van der Waals surface area contributed by atoms with Gasteiger partial charge in [-0.3, -0.25) is 13.9 Å². The number of aryl methyl sites for hydroxylation is 2. The van der Waals surface area contributed by atoms with Crippen LogP contribution in [0.25, 0.3) is 0 Å². The molecule has 1 N–H and O–H groups in total. The Hall–Kier alpha value is -4.43. The Balaban J connectivity index is 1.80. The molecule has 0 radical (unpaired) electrons. The highest BCUT2D eigenvalue weighted by molar-refractivity contribution is 7.92. The van der Waals surface area contributed by atoms with Crippen molar-refractivity contribution in [3.05, 3.63) is 131 Å². The Bertz CT molecular complexity index is 1620. The molecule has 0 saturated carbocycles. The van der Waals surface area contributed by atoms with Gasteiger partial charge in [0.25, 0.3) is 10.0 Å². The SMILES string of the molecule is Cc1cc(C)cc(N(CC(=O)N(Cc2ccccc2)[C@@H](Cc2ccccc2)C(=O)NCC(C)C)S(=O)(=O)c2ccccc2)c1. The Morgan fingerprint density at radius 3 is 1.82 bits per heavy atom. The van der Waals surface area contributed by atoms with E-state index in [4.69, 9.17) is 0 Å². The number of carbonyl (C=O) groups is 2. The van der Waals surface area contributed by atoms with Gasteiger partial charge in [0.05, 0.1) is 10.6 Å². The fourth-order valence-electron chi connectivity index (χ4n) is 5.10. The standard InChI is InChI=1S/C36H41N3O4S/c1-27(2)24-37-36(41)34(23-30-14-8-5-9-15-30)38(25-31-16-10-6-11-17-31)35(40)26-39(32-21-28(3)20-29(4)22-32)44(42,43)33-18-12-7-13-19-33/h5-22,27,34H,23-26H2,1-4H3,(H,37,41)/t34-/m0/s1. The van der Waals surface area contributed by atoms with Crippen LogP contribution >= 0.6 is 0 Å². The van der Waals surface area contributed by atoms with Crippen LogP contribution in [0.15, 0.2) is 114 Å². The van der Waals surface area contributed by atoms with Gasteiger partial charge in [0.2, 0.25) is 11.8 Å². The fourth-order valence-corrected chi connectivity index (χ4v) is 6.52. The summed E-state index contributed by atoms with van der Waals surface area (Å²) in [5, 5.41) is 3.01. The van der Waals surface area contributed by atoms with Crippen molar-refractivity contribution in [3.63, 3.8) is 0 Å². The number of hydrogen-bond donors (Lipinski definition) is 1. The molecular formula is C36H41N3O4S. The molecule has 0 saturated heterocycles. The third kappa shape index (κ3) is 8.57. The summed E-state index contributed by atoms with van der Waals surface area (Å²) < 4.78 is 29.4. The monoisotopic (exact) mass is 611 g/mol. The summed E-state index contributed by atoms with van der Waals surface area (Å²) in [7, 11) is -4.13. The summed E-state index contributed by atoms with van der Waals surface area (Å²) in [6.45, 7) is 7.91. The summed E-state index contributed by atoms with van der Waals surface area (Å²) in [6, 6.07) is 31.7. The molecule has 0 aliphatic carbocycles. The van der Waals surface area contributed by atoms with Crippen molar-refractivity contribution in [2.75, 3.05) is 17.4 Å². The molecule has 44 heavy (non-hydrogen) atoms. The van der Waals surface area contributed by atoms with Gasteiger partial charge >= 0.3 is 0 Å². The zero-order valence-electron chi connectivity index (χ0n) is 25.8. The maximum Gasteiger partial charge on any atom is 0.264 e. The Morgan fingerprint density at radius 2 is 1.27 bits per heavy atom. The first-order valence-corrected chi connectivity index (χ1v) is 16.3. The quantitative estimate of drug-likeness (QED) is 0.204. The summed E-state index contributed by atoms with van der Waals surface area (Å²) in [4.78, 5) is 29.9. The van der Waals surface area contributed by atoms with Crippen molar-refractivity contribution in [2.45, 2.75) is 51.6 Å². The van der Waals surface area contributed by atoms with Crippen LogP contribution in [0.5, 0.6) is 0 Å². The van der Waals surface area contributed by atoms with Crippen LogP contribution in [0, 0.1) is 19.8 Å². The Kier molecular flexibility index (Phi) is 11.0. The van der Waals surface area contributed by atoms with E-state index in [1.165, 1.54) is 17.0 Å². The van der Waals surface area contributed by atoms with Crippen molar-refractivity contribution >= 4 is 27.5 Å². The van der Waals surface area contributed by atoms with Crippen LogP contribution in [-0.4, -0.2) is 44.3 Å². The molecule has 4 rings (SSSR count). The van der Waals surface area contributed by atoms with Gasteiger partial charge in [-0.2, -0.15) is 0 Å². The molecule has 0 unspecified atom stereocenters. The first kappa shape index (κ1) is 32.5. The molecule has 4 aromatic rings. The van der Waals surface area contributed by atoms with E-state index in [2.05, 4.69) is 5.32 Å². The van der Waals surface area contributed by atoms with Crippen LogP contribution in [0.4, 0.5) is 5.69 Å². The summed E-state index contributed by atoms with van der Waals surface area (Å²) in [5.74, 6) is -0.547. The molecule has 4 aromatic carbocycles. The number of hydrogen-bond acceptors (Lipinski definition) is 4. The normalized spacial score (nSPS) is 12.0. The summed E-state index contributed by atoms with van der Waals surface area (Å²) in [6.07, 6.45) is 0.276. The lowest BCUT2D eigenvalue weighted by atomic mass is 10.0. The van der Waals surface area contributed by atoms with Gasteiger partial charge in [-0.1, -0.05) is 98.8 Å². The second-order valence-corrected chi connectivity index (χ2v) is 13.4. The van der Waals surface area contributed by atoms with Gasteiger partial charge in [-0.25, -0.2) is 8.42 Å². The van der Waals surface area contributed by atoms with Gasteiger partial charge < -0.3 is 10.2 Å². The maximum absolute atomic E-state index is 14.5. The summed E-state index contributed by atoms with van der Waals surface area (Å²) in [5.41, 5.74) is 3.86. The minimum absolute atomic E-state index is 0.0806. The molecule has 0 aromatic heterocycles. The number of benzene rings is 4. The van der Waals surface area contributed by atoms with Crippen molar-refractivity contribution in [3.8, 4) is 0 Å². The minimum Gasteiger partial charge on any atom is -0.354 e. The van der Waals surface area contributed by atoms with Crippen LogP contribution < -0.4 is 9.62 Å². The smallest absolute Gasteiger partial charge is 0.264 e. The van der Waals surface area contributed by atoms with Gasteiger partial charge in [0.1, 0.15) is 12.6 Å². The van der Waals surface area contributed by atoms with Crippen LogP contribution in [-0.2, 0) is 32.6 Å². The number of anilines is 1. The summed E-state index contributed by atoms with van der Waals surface area (Å²) >= 11 is 0. The number of amides is 2. The fraction of sp³-hybridized carbons (Fsp3) is 0.278. The van der Waals surface area contributed by atoms with E-state index in [1.54, 1.807) is 30.3 Å². The maximum atomic E-state index is 14.5. The largest absolute Gasteiger partial charge is 0.354 e. The highest BCUT2D eigenvalue weighted by Gasteiger charge is 2.34. The van der Waals surface area contributed by atoms with Crippen molar-refractivity contribution < 1.29 is 18.0 Å². The van der Waals surface area contributed by atoms with E-state index < -0.39 is 28.5 Å². The highest BCUT2D eigenvalue weighted by Crippen LogP contribution is 2.27. The Morgan fingerprint density at radius 1 is 0.750 bits per heavy atom. The lowest BCUT2D eigenvalue weighted by Crippen LogP contribution is -2.53. The molecule has 2 amide bonds. The molecule has 0 aliphatic rings. The van der Waals surface area contributed by atoms with Gasteiger partial charge in [-0.05, 0) is 66.3 Å². The van der Waals surface area contributed by atoms with E-state index in [0.29, 0.717) is 12.2 Å². The van der Waals surface area contributed by atoms with Crippen LogP contribution in [0.2, 0.25) is 0 Å². The third-order valence-electron chi connectivity index (χ3n) is 7.26. The van der Waals surface area contributed by atoms with Crippen LogP contribution in [0.3, 0.4) is 0 Å². The predicted octanol–water partition coefficient (Wildman–Crippen LogP) is 5.91. The average Bonchev–Trinajstić information content (AvgIpc) is 3.01. The number of nitrogens with zero attached hydrogens (tertiary/aromatic N) is 2. The predicted molar refractivity (Wildman–Crippen MR) is 176 cm³/mol. The molecule has 8 heteroatoms. The van der Waals surface area contributed by atoms with E-state index in [0.717, 1.165) is 26.6 Å². The lowest BCUT2D eigenvalue weighted by molar-refractivity contribution is -0.140. The van der Waals surface area contributed by atoms with Gasteiger partial charge in [-0.15, -0.1) is 0 Å². The molecule has 0 fully saturated rings. The topological polar surface area (TPSA) is 86.8 Å². The zero-order valence-corrected chi connectivity index (χ0v) is 26.6. The Labute approximate surface area is 261 Å². The molecule has 230 valence electrons. The van der Waals surface area contributed by atoms with Gasteiger partial charge in [0.15, 0.2) is 0 Å². The van der Waals surface area contributed by atoms with E-state index >= 15 is 0 Å². The number of nitrogens with one attached hydrogen (secondary N) is 1. The van der Waals surface area contributed by atoms with Crippen molar-refractivity contribution in [1.82, 2.24) is 10.2 Å². The lowest BCUT2D eigenvalue weighted by Gasteiger charge is -2.34. The first-order valence-electron chi connectivity index (χ1n) is 14.9. The van der Waals surface area contributed by atoms with Crippen molar-refractivity contribution in [1.29, 1.82) is 0 Å². The average molecular weight is 612 g/mol. The second-order valence-electron chi connectivity index (χ2n) is 11.5. The van der Waals surface area contributed by atoms with Crippen LogP contribution in [0.1, 0.15) is 36.1 Å². The highest BCUT2D eigenvalue weighted by atomic mass is 32.2.